The second kappa shape index (κ2) is 56.2. The summed E-state index contributed by atoms with van der Waals surface area (Å²) in [5, 5.41) is 0. The topological polar surface area (TPSA) is 134 Å². The van der Waals surface area contributed by atoms with Crippen molar-refractivity contribution in [1.82, 2.24) is 0 Å². The van der Waals surface area contributed by atoms with Crippen molar-refractivity contribution in [3.63, 3.8) is 0 Å². The van der Waals surface area contributed by atoms with Gasteiger partial charge in [-0.3, -0.25) is 18.6 Å². The van der Waals surface area contributed by atoms with Gasteiger partial charge in [-0.25, -0.2) is 4.57 Å². The van der Waals surface area contributed by atoms with Gasteiger partial charge in [-0.05, 0) is 89.9 Å². The fourth-order valence-electron chi connectivity index (χ4n) is 7.74. The summed E-state index contributed by atoms with van der Waals surface area (Å²) in [4.78, 5) is 35.1. The number of hydrogen-bond donors (Lipinski definition) is 2. The Bertz CT molecular complexity index is 1480. The number of hydrogen-bond acceptors (Lipinski definition) is 8. The van der Waals surface area contributed by atoms with Crippen LogP contribution in [-0.4, -0.2) is 49.3 Å². The smallest absolute Gasteiger partial charge is 0.462 e. The average molecular weight is 1010 g/mol. The Morgan fingerprint density at radius 3 is 1.21 bits per heavy atom. The van der Waals surface area contributed by atoms with Gasteiger partial charge in [-0.15, -0.1) is 0 Å². The van der Waals surface area contributed by atoms with Crippen molar-refractivity contribution in [3.05, 3.63) is 97.2 Å². The monoisotopic (exact) mass is 1010 g/mol. The maximum atomic E-state index is 12.7. The van der Waals surface area contributed by atoms with E-state index in [4.69, 9.17) is 24.3 Å². The first-order valence-electron chi connectivity index (χ1n) is 28.7. The van der Waals surface area contributed by atoms with E-state index in [1.54, 1.807) is 0 Å². The number of esters is 2. The molecule has 0 bridgehead atoms. The van der Waals surface area contributed by atoms with E-state index in [9.17, 15) is 19.0 Å². The van der Waals surface area contributed by atoms with Gasteiger partial charge >= 0.3 is 19.8 Å². The number of carbonyl (C=O) groups is 2. The van der Waals surface area contributed by atoms with Gasteiger partial charge in [0.25, 0.3) is 0 Å². The van der Waals surface area contributed by atoms with Gasteiger partial charge in [0.1, 0.15) is 6.61 Å². The van der Waals surface area contributed by atoms with Crippen LogP contribution in [-0.2, 0) is 32.7 Å². The molecular weight excluding hydrogens is 906 g/mol. The Morgan fingerprint density at radius 2 is 0.789 bits per heavy atom. The largest absolute Gasteiger partial charge is 0.472 e. The fourth-order valence-corrected chi connectivity index (χ4v) is 8.50. The highest BCUT2D eigenvalue weighted by Gasteiger charge is 2.26. The number of ether oxygens (including phenoxy) is 2. The van der Waals surface area contributed by atoms with E-state index in [2.05, 4.69) is 105 Å². The number of unbranched alkanes of at least 4 members (excludes halogenated alkanes) is 24. The Kier molecular flexibility index (Phi) is 53.8. The molecule has 0 aromatic rings. The molecule has 71 heavy (non-hydrogen) atoms. The second-order valence-electron chi connectivity index (χ2n) is 18.8. The van der Waals surface area contributed by atoms with E-state index in [1.807, 2.05) is 6.08 Å². The van der Waals surface area contributed by atoms with Crippen LogP contribution in [0.3, 0.4) is 0 Å². The van der Waals surface area contributed by atoms with Crippen LogP contribution in [0.15, 0.2) is 97.2 Å². The summed E-state index contributed by atoms with van der Waals surface area (Å²) in [6.07, 6.45) is 74.7. The van der Waals surface area contributed by atoms with Gasteiger partial charge in [0.2, 0.25) is 0 Å². The van der Waals surface area contributed by atoms with Crippen LogP contribution in [0.1, 0.15) is 245 Å². The molecule has 9 nitrogen and oxygen atoms in total. The lowest BCUT2D eigenvalue weighted by atomic mass is 10.0. The molecule has 0 rings (SSSR count). The van der Waals surface area contributed by atoms with Crippen molar-refractivity contribution in [1.29, 1.82) is 0 Å². The molecule has 0 saturated carbocycles. The van der Waals surface area contributed by atoms with Crippen molar-refractivity contribution in [2.75, 3.05) is 26.4 Å². The molecule has 2 unspecified atom stereocenters. The molecule has 0 heterocycles. The first kappa shape index (κ1) is 67.9. The van der Waals surface area contributed by atoms with Crippen LogP contribution in [0.25, 0.3) is 0 Å². The Morgan fingerprint density at radius 1 is 0.437 bits per heavy atom. The van der Waals surface area contributed by atoms with E-state index in [-0.39, 0.29) is 32.6 Å². The highest BCUT2D eigenvalue weighted by atomic mass is 31.2. The first-order valence-corrected chi connectivity index (χ1v) is 30.2. The number of carbonyl (C=O) groups excluding carboxylic acids is 2. The minimum Gasteiger partial charge on any atom is -0.462 e. The molecule has 0 fully saturated rings. The van der Waals surface area contributed by atoms with Crippen LogP contribution in [0.2, 0.25) is 0 Å². The molecule has 0 aliphatic heterocycles. The maximum Gasteiger partial charge on any atom is 0.472 e. The number of rotatable bonds is 53. The molecule has 0 saturated heterocycles. The molecule has 0 aliphatic rings. The third kappa shape index (κ3) is 56.1. The first-order chi connectivity index (χ1) is 34.8. The molecule has 0 aliphatic carbocycles. The highest BCUT2D eigenvalue weighted by Crippen LogP contribution is 2.43. The second-order valence-corrected chi connectivity index (χ2v) is 20.2. The van der Waals surface area contributed by atoms with Crippen molar-refractivity contribution in [3.8, 4) is 0 Å². The van der Waals surface area contributed by atoms with E-state index in [0.29, 0.717) is 12.8 Å². The van der Waals surface area contributed by atoms with Crippen molar-refractivity contribution in [2.24, 2.45) is 5.73 Å². The minimum atomic E-state index is -4.41. The third-order valence-electron chi connectivity index (χ3n) is 12.0. The molecular formula is C61H106NO8P. The van der Waals surface area contributed by atoms with Gasteiger partial charge in [-0.2, -0.15) is 0 Å². The van der Waals surface area contributed by atoms with Crippen molar-refractivity contribution >= 4 is 19.8 Å². The number of phosphoric acid groups is 1. The summed E-state index contributed by atoms with van der Waals surface area (Å²) in [6.45, 7) is 3.57. The molecule has 0 radical (unpaired) electrons. The zero-order chi connectivity index (χ0) is 51.7. The normalized spacial score (nSPS) is 13.8. The number of allylic oxidation sites excluding steroid dienone is 16. The lowest BCUT2D eigenvalue weighted by molar-refractivity contribution is -0.161. The van der Waals surface area contributed by atoms with Crippen LogP contribution in [0.5, 0.6) is 0 Å². The Hall–Kier alpha value is -3.07. The van der Waals surface area contributed by atoms with Crippen molar-refractivity contribution < 1.29 is 37.6 Å². The van der Waals surface area contributed by atoms with Gasteiger partial charge in [0.05, 0.1) is 13.2 Å². The van der Waals surface area contributed by atoms with Gasteiger partial charge < -0.3 is 20.1 Å². The van der Waals surface area contributed by atoms with Crippen LogP contribution < -0.4 is 5.73 Å². The average Bonchev–Trinajstić information content (AvgIpc) is 3.36. The maximum absolute atomic E-state index is 12.7. The molecule has 3 N–H and O–H groups in total. The predicted octanol–water partition coefficient (Wildman–Crippen LogP) is 18.1. The van der Waals surface area contributed by atoms with Crippen LogP contribution >= 0.6 is 7.82 Å². The quantitative estimate of drug-likeness (QED) is 0.0264. The van der Waals surface area contributed by atoms with Crippen molar-refractivity contribution in [2.45, 2.75) is 251 Å². The minimum absolute atomic E-state index is 0.0399. The summed E-state index contributed by atoms with van der Waals surface area (Å²) in [7, 11) is -4.41. The van der Waals surface area contributed by atoms with E-state index < -0.39 is 32.5 Å². The molecule has 0 amide bonds. The van der Waals surface area contributed by atoms with E-state index >= 15 is 0 Å². The molecule has 0 aromatic carbocycles. The van der Waals surface area contributed by atoms with Gasteiger partial charge in [0.15, 0.2) is 6.10 Å². The van der Waals surface area contributed by atoms with Gasteiger partial charge in [0, 0.05) is 19.4 Å². The Labute approximate surface area is 436 Å². The predicted molar refractivity (Wildman–Crippen MR) is 302 cm³/mol. The SMILES string of the molecule is CC/C=C\C/C=C\C/C=C\C/C=C\C/C=C\C/C=C\C/C=C\CCCC(=O)OC(COC(=O)CCCCCCCCCCCCCCCCC/C=C\CCCCCCCCCC)COP(=O)(O)OCCN. The zero-order valence-corrected chi connectivity index (χ0v) is 46.3. The molecule has 0 spiro atoms. The Balaban J connectivity index is 4.06. The summed E-state index contributed by atoms with van der Waals surface area (Å²) in [6, 6.07) is 0. The molecule has 2 atom stereocenters. The fraction of sp³-hybridized carbons (Fsp3) is 0.705. The summed E-state index contributed by atoms with van der Waals surface area (Å²) < 4.78 is 32.9. The van der Waals surface area contributed by atoms with E-state index in [0.717, 1.165) is 64.2 Å². The third-order valence-corrected chi connectivity index (χ3v) is 12.9. The van der Waals surface area contributed by atoms with Crippen LogP contribution in [0, 0.1) is 0 Å². The summed E-state index contributed by atoms with van der Waals surface area (Å²) >= 11 is 0. The lowest BCUT2D eigenvalue weighted by Crippen LogP contribution is -2.29. The van der Waals surface area contributed by atoms with Gasteiger partial charge in [-0.1, -0.05) is 239 Å². The van der Waals surface area contributed by atoms with E-state index in [1.165, 1.54) is 141 Å². The standard InChI is InChI=1S/C61H106NO8P/c1-3-5-7-9-11-13-15-17-19-21-23-25-27-28-29-30-32-33-35-37-39-41-43-45-47-49-51-53-60(63)67-57-59(58-69-71(65,66)68-56-55-62)70-61(64)54-52-50-48-46-44-42-40-38-36-34-31-26-24-22-20-18-16-14-12-10-8-6-4-2/h6,8,12,14,18,20-21,23-24,26,34,36,40,42,46,48,59H,3-5,7,9-11,13,15-17,19,22,25,27-33,35,37-39,41,43-45,47,49-58,62H2,1-2H3,(H,65,66)/b8-6-,14-12-,20-18-,23-21-,26-24-,36-34-,42-40-,48-46-. The zero-order valence-electron chi connectivity index (χ0n) is 45.4. The molecule has 0 aromatic heterocycles. The summed E-state index contributed by atoms with van der Waals surface area (Å²) in [5.74, 6) is -0.897. The number of nitrogens with two attached hydrogens (primary N) is 1. The highest BCUT2D eigenvalue weighted by molar-refractivity contribution is 7.47. The summed E-state index contributed by atoms with van der Waals surface area (Å²) in [5.41, 5.74) is 5.37. The molecule has 10 heteroatoms. The number of phosphoric ester groups is 1. The van der Waals surface area contributed by atoms with Crippen LogP contribution in [0.4, 0.5) is 0 Å². The molecule has 408 valence electrons. The lowest BCUT2D eigenvalue weighted by Gasteiger charge is -2.19.